The van der Waals surface area contributed by atoms with Crippen molar-refractivity contribution in [1.29, 1.82) is 0 Å². The van der Waals surface area contributed by atoms with Gasteiger partial charge < -0.3 is 9.47 Å². The Morgan fingerprint density at radius 3 is 2.04 bits per heavy atom. The highest BCUT2D eigenvalue weighted by Gasteiger charge is 2.25. The summed E-state index contributed by atoms with van der Waals surface area (Å²) in [5.41, 5.74) is 0.751. The Morgan fingerprint density at radius 2 is 1.38 bits per heavy atom. The van der Waals surface area contributed by atoms with E-state index in [2.05, 4.69) is 15.9 Å². The van der Waals surface area contributed by atoms with Crippen LogP contribution < -0.4 is 14.4 Å². The normalized spacial score (nSPS) is 10.5. The summed E-state index contributed by atoms with van der Waals surface area (Å²) in [7, 11) is 3.01. The van der Waals surface area contributed by atoms with E-state index < -0.39 is 11.6 Å². The zero-order valence-corrected chi connectivity index (χ0v) is 15.8. The van der Waals surface area contributed by atoms with Gasteiger partial charge in [-0.2, -0.15) is 0 Å². The van der Waals surface area contributed by atoms with Gasteiger partial charge in [-0.3, -0.25) is 4.90 Å². The van der Waals surface area contributed by atoms with Gasteiger partial charge in [-0.05, 0) is 42.5 Å². The molecule has 0 bridgehead atoms. The molecule has 0 aliphatic carbocycles. The van der Waals surface area contributed by atoms with Crippen molar-refractivity contribution >= 4 is 33.0 Å². The van der Waals surface area contributed by atoms with Crippen LogP contribution in [0.1, 0.15) is 0 Å². The molecule has 0 saturated heterocycles. The number of anilines is 3. The Bertz CT molecular complexity index is 913. The van der Waals surface area contributed by atoms with E-state index in [1.54, 1.807) is 42.5 Å². The summed E-state index contributed by atoms with van der Waals surface area (Å²) in [6.07, 6.45) is 0. The third kappa shape index (κ3) is 3.37. The number of hydrogen-bond acceptors (Lipinski definition) is 3. The van der Waals surface area contributed by atoms with E-state index in [0.717, 1.165) is 4.47 Å². The maximum atomic E-state index is 14.6. The molecule has 0 heterocycles. The summed E-state index contributed by atoms with van der Waals surface area (Å²) < 4.78 is 40.9. The Labute approximate surface area is 158 Å². The van der Waals surface area contributed by atoms with Crippen molar-refractivity contribution in [3.63, 3.8) is 0 Å². The van der Waals surface area contributed by atoms with E-state index in [-0.39, 0.29) is 5.69 Å². The molecule has 134 valence electrons. The summed E-state index contributed by atoms with van der Waals surface area (Å²) in [5, 5.41) is 0. The highest BCUT2D eigenvalue weighted by atomic mass is 79.9. The topological polar surface area (TPSA) is 21.7 Å². The number of rotatable bonds is 5. The number of benzene rings is 3. The molecule has 0 spiro atoms. The first-order chi connectivity index (χ1) is 12.6. The molecule has 0 atom stereocenters. The van der Waals surface area contributed by atoms with Crippen LogP contribution in [0.5, 0.6) is 11.5 Å². The molecule has 3 aromatic rings. The minimum Gasteiger partial charge on any atom is -0.495 e. The first kappa shape index (κ1) is 18.2. The predicted octanol–water partition coefficient (Wildman–Crippen LogP) is 6.21. The lowest BCUT2D eigenvalue weighted by Crippen LogP contribution is -2.15. The Kier molecular flexibility index (Phi) is 5.42. The first-order valence-electron chi connectivity index (χ1n) is 7.77. The van der Waals surface area contributed by atoms with Gasteiger partial charge in [0.1, 0.15) is 28.8 Å². The summed E-state index contributed by atoms with van der Waals surface area (Å²) in [6, 6.07) is 16.0. The van der Waals surface area contributed by atoms with Crippen LogP contribution in [0.3, 0.4) is 0 Å². The molecule has 0 saturated carbocycles. The molecule has 6 heteroatoms. The van der Waals surface area contributed by atoms with Crippen LogP contribution in [0.25, 0.3) is 0 Å². The van der Waals surface area contributed by atoms with Crippen LogP contribution in [0, 0.1) is 11.6 Å². The number of nitrogens with zero attached hydrogens (tertiary/aromatic N) is 1. The number of halogens is 3. The van der Waals surface area contributed by atoms with Gasteiger partial charge in [0.2, 0.25) is 0 Å². The Hall–Kier alpha value is -2.60. The zero-order chi connectivity index (χ0) is 18.7. The van der Waals surface area contributed by atoms with Gasteiger partial charge in [-0.1, -0.05) is 34.1 Å². The summed E-state index contributed by atoms with van der Waals surface area (Å²) in [6.45, 7) is 0. The molecule has 0 unspecified atom stereocenters. The lowest BCUT2D eigenvalue weighted by atomic mass is 10.1. The molecule has 0 N–H and O–H groups in total. The van der Waals surface area contributed by atoms with Crippen LogP contribution in [0.2, 0.25) is 0 Å². The number of para-hydroxylation sites is 3. The van der Waals surface area contributed by atoms with Gasteiger partial charge >= 0.3 is 0 Å². The second-order valence-electron chi connectivity index (χ2n) is 5.39. The van der Waals surface area contributed by atoms with Crippen molar-refractivity contribution in [1.82, 2.24) is 0 Å². The van der Waals surface area contributed by atoms with Crippen molar-refractivity contribution in [3.8, 4) is 11.5 Å². The van der Waals surface area contributed by atoms with Gasteiger partial charge in [0.15, 0.2) is 0 Å². The number of hydrogen-bond donors (Lipinski definition) is 0. The van der Waals surface area contributed by atoms with E-state index in [1.807, 2.05) is 0 Å². The molecule has 0 fully saturated rings. The van der Waals surface area contributed by atoms with Crippen LogP contribution in [0.4, 0.5) is 25.8 Å². The molecule has 26 heavy (non-hydrogen) atoms. The van der Waals surface area contributed by atoms with Crippen molar-refractivity contribution in [2.45, 2.75) is 0 Å². The fourth-order valence-corrected chi connectivity index (χ4v) is 3.06. The largest absolute Gasteiger partial charge is 0.495 e. The maximum absolute atomic E-state index is 14.6. The highest BCUT2D eigenvalue weighted by Crippen LogP contribution is 2.46. The molecule has 3 rings (SSSR count). The Balaban J connectivity index is 2.34. The van der Waals surface area contributed by atoms with E-state index in [1.165, 1.54) is 37.3 Å². The predicted molar refractivity (Wildman–Crippen MR) is 102 cm³/mol. The van der Waals surface area contributed by atoms with Gasteiger partial charge in [0.05, 0.1) is 25.6 Å². The SMILES string of the molecule is COc1ccccc1N(c1ccc(Br)cc1OC)c1c(F)cccc1F. The minimum absolute atomic E-state index is 0.211. The molecule has 0 amide bonds. The third-order valence-corrected chi connectivity index (χ3v) is 4.36. The Morgan fingerprint density at radius 1 is 0.769 bits per heavy atom. The summed E-state index contributed by atoms with van der Waals surface area (Å²) in [5.74, 6) is -0.463. The van der Waals surface area contributed by atoms with Crippen molar-refractivity contribution in [2.75, 3.05) is 19.1 Å². The lowest BCUT2D eigenvalue weighted by Gasteiger charge is -2.28. The fourth-order valence-electron chi connectivity index (χ4n) is 2.72. The first-order valence-corrected chi connectivity index (χ1v) is 8.56. The van der Waals surface area contributed by atoms with Crippen molar-refractivity contribution < 1.29 is 18.3 Å². The molecular weight excluding hydrogens is 404 g/mol. The fraction of sp³-hybridized carbons (Fsp3) is 0.100. The van der Waals surface area contributed by atoms with Gasteiger partial charge in [0, 0.05) is 4.47 Å². The highest BCUT2D eigenvalue weighted by molar-refractivity contribution is 9.10. The second-order valence-corrected chi connectivity index (χ2v) is 6.31. The monoisotopic (exact) mass is 419 g/mol. The van der Waals surface area contributed by atoms with Crippen LogP contribution >= 0.6 is 15.9 Å². The standard InChI is InChI=1S/C20H16BrF2NO2/c1-25-18-9-4-3-8-16(18)24(20-14(22)6-5-7-15(20)23)17-11-10-13(21)12-19(17)26-2/h3-12H,1-2H3. The smallest absolute Gasteiger partial charge is 0.150 e. The molecule has 3 nitrogen and oxygen atoms in total. The lowest BCUT2D eigenvalue weighted by molar-refractivity contribution is 0.412. The van der Waals surface area contributed by atoms with Crippen molar-refractivity contribution in [3.05, 3.63) is 76.8 Å². The quantitative estimate of drug-likeness (QED) is 0.490. The van der Waals surface area contributed by atoms with Crippen LogP contribution in [0.15, 0.2) is 65.1 Å². The molecule has 0 aromatic heterocycles. The van der Waals surface area contributed by atoms with Gasteiger partial charge in [0.25, 0.3) is 0 Å². The molecule has 0 aliphatic rings. The van der Waals surface area contributed by atoms with E-state index in [0.29, 0.717) is 22.9 Å². The van der Waals surface area contributed by atoms with Gasteiger partial charge in [-0.15, -0.1) is 0 Å². The molecule has 3 aromatic carbocycles. The molecule has 0 aliphatic heterocycles. The third-order valence-electron chi connectivity index (χ3n) is 3.87. The van der Waals surface area contributed by atoms with Crippen LogP contribution in [-0.2, 0) is 0 Å². The summed E-state index contributed by atoms with van der Waals surface area (Å²) >= 11 is 3.38. The van der Waals surface area contributed by atoms with E-state index >= 15 is 0 Å². The van der Waals surface area contributed by atoms with Crippen LogP contribution in [-0.4, -0.2) is 14.2 Å². The zero-order valence-electron chi connectivity index (χ0n) is 14.2. The second kappa shape index (κ2) is 7.74. The number of ether oxygens (including phenoxy) is 2. The van der Waals surface area contributed by atoms with Crippen molar-refractivity contribution in [2.24, 2.45) is 0 Å². The minimum atomic E-state index is -0.694. The molecular formula is C20H16BrF2NO2. The maximum Gasteiger partial charge on any atom is 0.150 e. The van der Waals surface area contributed by atoms with E-state index in [4.69, 9.17) is 9.47 Å². The molecule has 0 radical (unpaired) electrons. The average molecular weight is 420 g/mol. The summed E-state index contributed by atoms with van der Waals surface area (Å²) in [4.78, 5) is 1.45. The van der Waals surface area contributed by atoms with E-state index in [9.17, 15) is 8.78 Å². The average Bonchev–Trinajstić information content (AvgIpc) is 2.65. The number of methoxy groups -OCH3 is 2. The van der Waals surface area contributed by atoms with Gasteiger partial charge in [-0.25, -0.2) is 8.78 Å².